The zero-order chi connectivity index (χ0) is 11.2. The number of benzene rings is 1. The van der Waals surface area contributed by atoms with Crippen LogP contribution in [0.5, 0.6) is 0 Å². The third kappa shape index (κ3) is 1.18. The van der Waals surface area contributed by atoms with Gasteiger partial charge in [0.05, 0.1) is 11.5 Å². The normalized spacial score (nSPS) is 18.0. The third-order valence-electron chi connectivity index (χ3n) is 3.73. The fourth-order valence-corrected chi connectivity index (χ4v) is 2.57. The first-order valence-electron chi connectivity index (χ1n) is 5.75. The van der Waals surface area contributed by atoms with Crippen molar-refractivity contribution in [3.05, 3.63) is 35.5 Å². The van der Waals surface area contributed by atoms with Gasteiger partial charge in [-0.05, 0) is 55.3 Å². The highest BCUT2D eigenvalue weighted by Crippen LogP contribution is 2.43. The van der Waals surface area contributed by atoms with Crippen LogP contribution in [0.2, 0.25) is 0 Å². The minimum absolute atomic E-state index is 0.195. The molecule has 1 N–H and O–H groups in total. The van der Waals surface area contributed by atoms with Crippen LogP contribution in [-0.2, 0) is 5.41 Å². The molecule has 0 aliphatic heterocycles. The molecule has 1 aromatic heterocycles. The van der Waals surface area contributed by atoms with Crippen LogP contribution in [0.1, 0.15) is 30.5 Å². The third-order valence-corrected chi connectivity index (χ3v) is 3.73. The molecule has 1 aromatic carbocycles. The lowest BCUT2D eigenvalue weighted by molar-refractivity contribution is 0.324. The largest absolute Gasteiger partial charge is 0.359 e. The second kappa shape index (κ2) is 3.12. The predicted octanol–water partition coefficient (Wildman–Crippen LogP) is 3.42. The summed E-state index contributed by atoms with van der Waals surface area (Å²) in [5.74, 6) is 0. The maximum Gasteiger partial charge on any atom is 0.0822 e. The summed E-state index contributed by atoms with van der Waals surface area (Å²) >= 11 is 0. The summed E-state index contributed by atoms with van der Waals surface area (Å²) in [5.41, 5.74) is 3.33. The highest BCUT2D eigenvalue weighted by Gasteiger charge is 2.38. The minimum Gasteiger partial charge on any atom is -0.359 e. The molecule has 0 atom stereocenters. The number of hydrogen-bond acceptors (Lipinski definition) is 1. The summed E-state index contributed by atoms with van der Waals surface area (Å²) in [7, 11) is 0. The molecule has 0 unspecified atom stereocenters. The molecule has 1 aliphatic carbocycles. The number of nitriles is 1. The van der Waals surface area contributed by atoms with Crippen LogP contribution in [0.15, 0.2) is 24.3 Å². The number of nitrogens with one attached hydrogen (secondary N) is 1. The van der Waals surface area contributed by atoms with Crippen molar-refractivity contribution < 1.29 is 0 Å². The number of fused-ring (bicyclic) bond motifs is 1. The Balaban J connectivity index is 2.15. The number of rotatable bonds is 1. The van der Waals surface area contributed by atoms with Crippen LogP contribution in [0.3, 0.4) is 0 Å². The van der Waals surface area contributed by atoms with Gasteiger partial charge in [0.15, 0.2) is 0 Å². The first kappa shape index (κ1) is 9.47. The molecule has 0 bridgehead atoms. The Hall–Kier alpha value is -1.75. The number of aromatic nitrogens is 1. The molecule has 1 heterocycles. The van der Waals surface area contributed by atoms with Gasteiger partial charge < -0.3 is 4.98 Å². The quantitative estimate of drug-likeness (QED) is 0.769. The summed E-state index contributed by atoms with van der Waals surface area (Å²) in [6.45, 7) is 2.06. The van der Waals surface area contributed by atoms with Crippen molar-refractivity contribution in [2.75, 3.05) is 0 Å². The van der Waals surface area contributed by atoms with Gasteiger partial charge in [0.2, 0.25) is 0 Å². The Kier molecular flexibility index (Phi) is 1.85. The fourth-order valence-electron chi connectivity index (χ4n) is 2.57. The highest BCUT2D eigenvalue weighted by molar-refractivity contribution is 5.81. The monoisotopic (exact) mass is 210 g/mol. The molecule has 2 aromatic rings. The summed E-state index contributed by atoms with van der Waals surface area (Å²) in [6, 6.07) is 11.0. The van der Waals surface area contributed by atoms with Crippen molar-refractivity contribution in [3.63, 3.8) is 0 Å². The lowest BCUT2D eigenvalue weighted by Gasteiger charge is -2.35. The van der Waals surface area contributed by atoms with Gasteiger partial charge in [-0.3, -0.25) is 0 Å². The number of aromatic amines is 1. The topological polar surface area (TPSA) is 39.6 Å². The standard InChI is InChI=1S/C14H14N2/c1-10-7-11-8-12(3-4-13(11)16-10)14(9-15)5-2-6-14/h3-4,7-8,16H,2,5-6H2,1H3. The number of aryl methyl sites for hydroxylation is 1. The van der Waals surface area contributed by atoms with Gasteiger partial charge in [-0.25, -0.2) is 0 Å². The second-order valence-electron chi connectivity index (χ2n) is 4.80. The van der Waals surface area contributed by atoms with Crippen molar-refractivity contribution in [2.24, 2.45) is 0 Å². The van der Waals surface area contributed by atoms with Crippen LogP contribution in [0.4, 0.5) is 0 Å². The van der Waals surface area contributed by atoms with Crippen LogP contribution in [0, 0.1) is 18.3 Å². The molecule has 2 heteroatoms. The van der Waals surface area contributed by atoms with E-state index in [1.165, 1.54) is 23.1 Å². The highest BCUT2D eigenvalue weighted by atomic mass is 14.7. The zero-order valence-electron chi connectivity index (χ0n) is 9.38. The Morgan fingerprint density at radius 3 is 2.75 bits per heavy atom. The summed E-state index contributed by atoms with van der Waals surface area (Å²) in [6.07, 6.45) is 3.20. The van der Waals surface area contributed by atoms with Gasteiger partial charge in [-0.15, -0.1) is 0 Å². The smallest absolute Gasteiger partial charge is 0.0822 e. The molecule has 0 radical (unpaired) electrons. The molecule has 0 spiro atoms. The SMILES string of the molecule is Cc1cc2cc(C3(C#N)CCC3)ccc2[nH]1. The first-order chi connectivity index (χ1) is 7.73. The minimum atomic E-state index is -0.195. The van der Waals surface area contributed by atoms with Crippen LogP contribution in [-0.4, -0.2) is 4.98 Å². The van der Waals surface area contributed by atoms with Crippen molar-refractivity contribution >= 4 is 10.9 Å². The Morgan fingerprint density at radius 1 is 1.31 bits per heavy atom. The van der Waals surface area contributed by atoms with Crippen LogP contribution >= 0.6 is 0 Å². The number of H-pyrrole nitrogens is 1. The van der Waals surface area contributed by atoms with E-state index in [9.17, 15) is 5.26 Å². The van der Waals surface area contributed by atoms with E-state index in [0.29, 0.717) is 0 Å². The average Bonchev–Trinajstić information content (AvgIpc) is 2.56. The molecular weight excluding hydrogens is 196 g/mol. The maximum atomic E-state index is 9.31. The first-order valence-corrected chi connectivity index (χ1v) is 5.75. The molecule has 0 amide bonds. The fraction of sp³-hybridized carbons (Fsp3) is 0.357. The average molecular weight is 210 g/mol. The van der Waals surface area contributed by atoms with E-state index in [1.807, 2.05) is 0 Å². The lowest BCUT2D eigenvalue weighted by atomic mass is 9.65. The summed E-state index contributed by atoms with van der Waals surface area (Å²) < 4.78 is 0. The summed E-state index contributed by atoms with van der Waals surface area (Å²) in [5, 5.41) is 10.5. The lowest BCUT2D eigenvalue weighted by Crippen LogP contribution is -2.32. The van der Waals surface area contributed by atoms with Crippen molar-refractivity contribution in [1.29, 1.82) is 5.26 Å². The number of hydrogen-bond donors (Lipinski definition) is 1. The van der Waals surface area contributed by atoms with Crippen LogP contribution < -0.4 is 0 Å². The molecule has 1 aliphatic rings. The zero-order valence-corrected chi connectivity index (χ0v) is 9.38. The Morgan fingerprint density at radius 2 is 2.12 bits per heavy atom. The van der Waals surface area contributed by atoms with Gasteiger partial charge in [0, 0.05) is 11.2 Å². The van der Waals surface area contributed by atoms with Crippen molar-refractivity contribution in [1.82, 2.24) is 4.98 Å². The van der Waals surface area contributed by atoms with Crippen molar-refractivity contribution in [2.45, 2.75) is 31.6 Å². The van der Waals surface area contributed by atoms with E-state index in [4.69, 9.17) is 0 Å². The van der Waals surface area contributed by atoms with E-state index in [-0.39, 0.29) is 5.41 Å². The van der Waals surface area contributed by atoms with E-state index in [2.05, 4.69) is 42.2 Å². The Labute approximate surface area is 94.9 Å². The molecule has 2 nitrogen and oxygen atoms in total. The van der Waals surface area contributed by atoms with Gasteiger partial charge in [-0.1, -0.05) is 6.07 Å². The molecule has 3 rings (SSSR count). The molecule has 80 valence electrons. The van der Waals surface area contributed by atoms with Crippen LogP contribution in [0.25, 0.3) is 10.9 Å². The van der Waals surface area contributed by atoms with E-state index >= 15 is 0 Å². The number of nitrogens with zero attached hydrogens (tertiary/aromatic N) is 1. The molecular formula is C14H14N2. The van der Waals surface area contributed by atoms with Crippen molar-refractivity contribution in [3.8, 4) is 6.07 Å². The molecule has 16 heavy (non-hydrogen) atoms. The van der Waals surface area contributed by atoms with E-state index in [0.717, 1.165) is 18.4 Å². The van der Waals surface area contributed by atoms with Gasteiger partial charge in [0.1, 0.15) is 0 Å². The summed E-state index contributed by atoms with van der Waals surface area (Å²) in [4.78, 5) is 3.31. The molecule has 1 fully saturated rings. The van der Waals surface area contributed by atoms with E-state index in [1.54, 1.807) is 0 Å². The predicted molar refractivity (Wildman–Crippen MR) is 64.2 cm³/mol. The van der Waals surface area contributed by atoms with E-state index < -0.39 is 0 Å². The Bertz CT molecular complexity index is 582. The van der Waals surface area contributed by atoms with Gasteiger partial charge in [-0.2, -0.15) is 5.26 Å². The second-order valence-corrected chi connectivity index (χ2v) is 4.80. The van der Waals surface area contributed by atoms with Gasteiger partial charge >= 0.3 is 0 Å². The molecule has 1 saturated carbocycles. The maximum absolute atomic E-state index is 9.31. The van der Waals surface area contributed by atoms with Gasteiger partial charge in [0.25, 0.3) is 0 Å². The molecule has 0 saturated heterocycles.